The van der Waals surface area contributed by atoms with Gasteiger partial charge in [0, 0.05) is 38.7 Å². The van der Waals surface area contributed by atoms with Crippen LogP contribution in [0.1, 0.15) is 31.9 Å². The smallest absolute Gasteiger partial charge is 0.242 e. The third-order valence-electron chi connectivity index (χ3n) is 6.35. The Balaban J connectivity index is 1.37. The summed E-state index contributed by atoms with van der Waals surface area (Å²) in [6, 6.07) is 23.6. The minimum Gasteiger partial charge on any atom is -0.353 e. The van der Waals surface area contributed by atoms with Crippen molar-refractivity contribution in [3.63, 3.8) is 0 Å². The van der Waals surface area contributed by atoms with Crippen LogP contribution in [-0.4, -0.2) is 64.5 Å². The van der Waals surface area contributed by atoms with Gasteiger partial charge < -0.3 is 14.7 Å². The van der Waals surface area contributed by atoms with Crippen LogP contribution in [0.4, 0.5) is 5.82 Å². The van der Waals surface area contributed by atoms with Gasteiger partial charge >= 0.3 is 0 Å². The summed E-state index contributed by atoms with van der Waals surface area (Å²) in [5, 5.41) is 8.84. The van der Waals surface area contributed by atoms with Gasteiger partial charge in [-0.2, -0.15) is 0 Å². The zero-order chi connectivity index (χ0) is 23.9. The van der Waals surface area contributed by atoms with E-state index >= 15 is 0 Å². The van der Waals surface area contributed by atoms with Crippen molar-refractivity contribution in [1.29, 1.82) is 0 Å². The third-order valence-corrected chi connectivity index (χ3v) is 6.35. The van der Waals surface area contributed by atoms with E-state index in [9.17, 15) is 9.59 Å². The maximum atomic E-state index is 13.1. The molecule has 34 heavy (non-hydrogen) atoms. The van der Waals surface area contributed by atoms with Crippen LogP contribution in [0.5, 0.6) is 0 Å². The first-order valence-electron chi connectivity index (χ1n) is 11.8. The van der Waals surface area contributed by atoms with Crippen LogP contribution < -0.4 is 4.90 Å². The SMILES string of the molecule is CC(=O)N(CC(=O)N1CCCN(c2ccc(-c3ccccc3)nn2)CC1)[C@@H](C)c1ccccc1. The van der Waals surface area contributed by atoms with Crippen molar-refractivity contribution in [3.8, 4) is 11.3 Å². The van der Waals surface area contributed by atoms with Crippen molar-refractivity contribution < 1.29 is 9.59 Å². The molecular formula is C27H31N5O2. The Bertz CT molecular complexity index is 1090. The zero-order valence-electron chi connectivity index (χ0n) is 19.8. The molecule has 0 unspecified atom stereocenters. The van der Waals surface area contributed by atoms with Crippen LogP contribution in [0, 0.1) is 0 Å². The summed E-state index contributed by atoms with van der Waals surface area (Å²) in [4.78, 5) is 31.2. The Hall–Kier alpha value is -3.74. The van der Waals surface area contributed by atoms with E-state index in [1.165, 1.54) is 6.92 Å². The molecule has 176 valence electrons. The average molecular weight is 458 g/mol. The molecule has 0 radical (unpaired) electrons. The van der Waals surface area contributed by atoms with Crippen molar-refractivity contribution in [2.45, 2.75) is 26.3 Å². The summed E-state index contributed by atoms with van der Waals surface area (Å²) in [5.41, 5.74) is 2.90. The Kier molecular flexibility index (Phi) is 7.52. The minimum absolute atomic E-state index is 0.0228. The predicted molar refractivity (Wildman–Crippen MR) is 133 cm³/mol. The summed E-state index contributed by atoms with van der Waals surface area (Å²) < 4.78 is 0. The van der Waals surface area contributed by atoms with E-state index < -0.39 is 0 Å². The maximum absolute atomic E-state index is 13.1. The summed E-state index contributed by atoms with van der Waals surface area (Å²) in [6.45, 7) is 6.31. The second kappa shape index (κ2) is 10.9. The highest BCUT2D eigenvalue weighted by Gasteiger charge is 2.26. The molecule has 3 aromatic rings. The zero-order valence-corrected chi connectivity index (χ0v) is 19.8. The largest absolute Gasteiger partial charge is 0.353 e. The highest BCUT2D eigenvalue weighted by Crippen LogP contribution is 2.21. The summed E-state index contributed by atoms with van der Waals surface area (Å²) in [5.74, 6) is 0.692. The van der Waals surface area contributed by atoms with Crippen molar-refractivity contribution in [3.05, 3.63) is 78.4 Å². The molecule has 4 rings (SSSR count). The first-order valence-corrected chi connectivity index (χ1v) is 11.8. The topological polar surface area (TPSA) is 69.6 Å². The van der Waals surface area contributed by atoms with Gasteiger partial charge in [0.1, 0.15) is 6.54 Å². The standard InChI is InChI=1S/C27H31N5O2/c1-21(23-10-5-3-6-11-23)32(22(2)33)20-27(34)31-17-9-16-30(18-19-31)26-15-14-25(28-29-26)24-12-7-4-8-13-24/h3-8,10-15,21H,9,16-20H2,1-2H3/t21-/m0/s1. The van der Waals surface area contributed by atoms with E-state index in [2.05, 4.69) is 15.1 Å². The fourth-order valence-corrected chi connectivity index (χ4v) is 4.33. The maximum Gasteiger partial charge on any atom is 0.242 e. The molecule has 0 saturated carbocycles. The first kappa shape index (κ1) is 23.4. The number of benzene rings is 2. The van der Waals surface area contributed by atoms with Crippen LogP contribution in [-0.2, 0) is 9.59 Å². The number of hydrogen-bond acceptors (Lipinski definition) is 5. The third kappa shape index (κ3) is 5.60. The van der Waals surface area contributed by atoms with Crippen LogP contribution in [0.2, 0.25) is 0 Å². The van der Waals surface area contributed by atoms with Crippen molar-refractivity contribution in [2.24, 2.45) is 0 Å². The summed E-state index contributed by atoms with van der Waals surface area (Å²) in [6.07, 6.45) is 0.835. The van der Waals surface area contributed by atoms with E-state index in [-0.39, 0.29) is 24.4 Å². The number of nitrogens with zero attached hydrogens (tertiary/aromatic N) is 5. The Labute approximate surface area is 201 Å². The van der Waals surface area contributed by atoms with Gasteiger partial charge in [-0.15, -0.1) is 10.2 Å². The molecule has 1 aromatic heterocycles. The van der Waals surface area contributed by atoms with Gasteiger partial charge in [-0.1, -0.05) is 60.7 Å². The lowest BCUT2D eigenvalue weighted by Gasteiger charge is -2.30. The molecule has 0 N–H and O–H groups in total. The van der Waals surface area contributed by atoms with Gasteiger partial charge in [0.15, 0.2) is 5.82 Å². The molecule has 0 bridgehead atoms. The van der Waals surface area contributed by atoms with Gasteiger partial charge in [0.25, 0.3) is 0 Å². The molecule has 2 aromatic carbocycles. The predicted octanol–water partition coefficient (Wildman–Crippen LogP) is 3.79. The van der Waals surface area contributed by atoms with Gasteiger partial charge in [-0.3, -0.25) is 9.59 Å². The molecule has 7 nitrogen and oxygen atoms in total. The fourth-order valence-electron chi connectivity index (χ4n) is 4.33. The number of carbonyl (C=O) groups is 2. The summed E-state index contributed by atoms with van der Waals surface area (Å²) in [7, 11) is 0. The summed E-state index contributed by atoms with van der Waals surface area (Å²) >= 11 is 0. The number of aromatic nitrogens is 2. The second-order valence-electron chi connectivity index (χ2n) is 8.60. The number of rotatable bonds is 6. The first-order chi connectivity index (χ1) is 16.5. The molecule has 1 atom stereocenters. The minimum atomic E-state index is -0.162. The highest BCUT2D eigenvalue weighted by molar-refractivity contribution is 5.84. The van der Waals surface area contributed by atoms with Crippen molar-refractivity contribution in [1.82, 2.24) is 20.0 Å². The quantitative estimate of drug-likeness (QED) is 0.563. The average Bonchev–Trinajstić information content (AvgIpc) is 3.14. The molecule has 1 saturated heterocycles. The molecule has 7 heteroatoms. The molecule has 0 aliphatic carbocycles. The molecule has 1 aliphatic heterocycles. The Morgan fingerprint density at radius 3 is 2.24 bits per heavy atom. The molecule has 1 fully saturated rings. The number of amides is 2. The molecule has 2 amide bonds. The lowest BCUT2D eigenvalue weighted by atomic mass is 10.1. The fraction of sp³-hybridized carbons (Fsp3) is 0.333. The van der Waals surface area contributed by atoms with Crippen molar-refractivity contribution >= 4 is 17.6 Å². The van der Waals surface area contributed by atoms with Crippen LogP contribution in [0.3, 0.4) is 0 Å². The lowest BCUT2D eigenvalue weighted by Crippen LogP contribution is -2.44. The second-order valence-corrected chi connectivity index (χ2v) is 8.60. The molecule has 0 spiro atoms. The van der Waals surface area contributed by atoms with Gasteiger partial charge in [0.2, 0.25) is 11.8 Å². The lowest BCUT2D eigenvalue weighted by molar-refractivity contribution is -0.141. The highest BCUT2D eigenvalue weighted by atomic mass is 16.2. The normalized spacial score (nSPS) is 14.9. The van der Waals surface area contributed by atoms with Crippen LogP contribution in [0.25, 0.3) is 11.3 Å². The number of hydrogen-bond donors (Lipinski definition) is 0. The van der Waals surface area contributed by atoms with E-state index in [0.29, 0.717) is 19.6 Å². The monoisotopic (exact) mass is 457 g/mol. The van der Waals surface area contributed by atoms with E-state index in [4.69, 9.17) is 0 Å². The molecule has 2 heterocycles. The van der Waals surface area contributed by atoms with Gasteiger partial charge in [-0.25, -0.2) is 0 Å². The van der Waals surface area contributed by atoms with E-state index in [0.717, 1.165) is 35.6 Å². The Morgan fingerprint density at radius 1 is 0.882 bits per heavy atom. The van der Waals surface area contributed by atoms with Crippen LogP contribution in [0.15, 0.2) is 72.8 Å². The van der Waals surface area contributed by atoms with Crippen molar-refractivity contribution in [2.75, 3.05) is 37.6 Å². The van der Waals surface area contributed by atoms with Gasteiger partial charge in [-0.05, 0) is 31.0 Å². The van der Waals surface area contributed by atoms with Gasteiger partial charge in [0.05, 0.1) is 11.7 Å². The molecule has 1 aliphatic rings. The van der Waals surface area contributed by atoms with Crippen LogP contribution >= 0.6 is 0 Å². The van der Waals surface area contributed by atoms with E-state index in [1.807, 2.05) is 84.6 Å². The molecular weight excluding hydrogens is 426 g/mol. The number of anilines is 1. The number of carbonyl (C=O) groups excluding carboxylic acids is 2. The van der Waals surface area contributed by atoms with E-state index in [1.54, 1.807) is 4.90 Å². The Morgan fingerprint density at radius 2 is 1.59 bits per heavy atom.